The van der Waals surface area contributed by atoms with Gasteiger partial charge in [0.25, 0.3) is 5.22 Å². The normalized spacial score (nSPS) is 16.6. The zero-order chi connectivity index (χ0) is 17.6. The van der Waals surface area contributed by atoms with E-state index in [1.54, 1.807) is 12.1 Å². The number of thioether (sulfide) groups is 1. The molecule has 1 aromatic carbocycles. The molecule has 1 atom stereocenters. The molecule has 1 aliphatic rings. The predicted octanol–water partition coefficient (Wildman–Crippen LogP) is 4.57. The van der Waals surface area contributed by atoms with Gasteiger partial charge in [0.1, 0.15) is 0 Å². The van der Waals surface area contributed by atoms with Crippen molar-refractivity contribution in [3.8, 4) is 11.5 Å². The van der Waals surface area contributed by atoms with Gasteiger partial charge >= 0.3 is 0 Å². The minimum atomic E-state index is -0.276. The van der Waals surface area contributed by atoms with E-state index in [1.807, 2.05) is 19.1 Å². The Morgan fingerprint density at radius 2 is 2.00 bits per heavy atom. The highest BCUT2D eigenvalue weighted by molar-refractivity contribution is 8.00. The van der Waals surface area contributed by atoms with Gasteiger partial charge in [-0.25, -0.2) is 0 Å². The number of aromatic nitrogens is 2. The molecule has 134 valence electrons. The van der Waals surface area contributed by atoms with Gasteiger partial charge in [0.05, 0.1) is 5.25 Å². The molecule has 7 heteroatoms. The topological polar surface area (TPSA) is 68.0 Å². The highest BCUT2D eigenvalue weighted by Crippen LogP contribution is 2.27. The molecule has 1 N–H and O–H groups in total. The largest absolute Gasteiger partial charge is 0.411 e. The van der Waals surface area contributed by atoms with Crippen LogP contribution in [-0.4, -0.2) is 27.9 Å². The maximum atomic E-state index is 12.3. The SMILES string of the molecule is CC(Sc1nnc(-c2ccc(Cl)cc2)o1)C(=O)NCC1CCCCC1. The van der Waals surface area contributed by atoms with E-state index in [0.29, 0.717) is 22.1 Å². The molecule has 2 aromatic rings. The van der Waals surface area contributed by atoms with Crippen LogP contribution in [-0.2, 0) is 4.79 Å². The van der Waals surface area contributed by atoms with Gasteiger partial charge in [-0.15, -0.1) is 10.2 Å². The molecule has 0 spiro atoms. The summed E-state index contributed by atoms with van der Waals surface area (Å²) < 4.78 is 5.64. The van der Waals surface area contributed by atoms with Crippen molar-refractivity contribution in [2.45, 2.75) is 49.5 Å². The number of carbonyl (C=O) groups excluding carboxylic acids is 1. The first kappa shape index (κ1) is 18.3. The second-order valence-electron chi connectivity index (χ2n) is 6.39. The minimum Gasteiger partial charge on any atom is -0.411 e. The predicted molar refractivity (Wildman–Crippen MR) is 99.6 cm³/mol. The zero-order valence-electron chi connectivity index (χ0n) is 14.2. The van der Waals surface area contributed by atoms with Gasteiger partial charge in [-0.3, -0.25) is 4.79 Å². The maximum Gasteiger partial charge on any atom is 0.277 e. The molecule has 1 aromatic heterocycles. The van der Waals surface area contributed by atoms with E-state index in [-0.39, 0.29) is 11.2 Å². The number of benzene rings is 1. The molecule has 25 heavy (non-hydrogen) atoms. The van der Waals surface area contributed by atoms with Crippen molar-refractivity contribution in [1.82, 2.24) is 15.5 Å². The molecule has 5 nitrogen and oxygen atoms in total. The van der Waals surface area contributed by atoms with Gasteiger partial charge < -0.3 is 9.73 Å². The van der Waals surface area contributed by atoms with Crippen LogP contribution in [0.25, 0.3) is 11.5 Å². The molecule has 0 aliphatic heterocycles. The van der Waals surface area contributed by atoms with E-state index >= 15 is 0 Å². The third-order valence-corrected chi connectivity index (χ3v) is 5.62. The Labute approximate surface area is 156 Å². The van der Waals surface area contributed by atoms with Gasteiger partial charge in [0.15, 0.2) is 0 Å². The fourth-order valence-corrected chi connectivity index (χ4v) is 3.79. The number of nitrogens with zero attached hydrogens (tertiary/aromatic N) is 2. The van der Waals surface area contributed by atoms with E-state index in [1.165, 1.54) is 43.9 Å². The van der Waals surface area contributed by atoms with Crippen LogP contribution in [0.4, 0.5) is 0 Å². The van der Waals surface area contributed by atoms with Gasteiger partial charge in [0.2, 0.25) is 11.8 Å². The molecular formula is C18H22ClN3O2S. The summed E-state index contributed by atoms with van der Waals surface area (Å²) in [6, 6.07) is 7.19. The van der Waals surface area contributed by atoms with Crippen molar-refractivity contribution in [3.05, 3.63) is 29.3 Å². The van der Waals surface area contributed by atoms with Gasteiger partial charge in [-0.2, -0.15) is 0 Å². The Hall–Kier alpha value is -1.53. The average molecular weight is 380 g/mol. The lowest BCUT2D eigenvalue weighted by Crippen LogP contribution is -2.35. The zero-order valence-corrected chi connectivity index (χ0v) is 15.8. The molecular weight excluding hydrogens is 358 g/mol. The van der Waals surface area contributed by atoms with Crippen molar-refractivity contribution >= 4 is 29.3 Å². The second kappa shape index (κ2) is 8.72. The van der Waals surface area contributed by atoms with Crippen molar-refractivity contribution in [2.24, 2.45) is 5.92 Å². The third-order valence-electron chi connectivity index (χ3n) is 4.43. The highest BCUT2D eigenvalue weighted by atomic mass is 35.5. The van der Waals surface area contributed by atoms with Crippen LogP contribution >= 0.6 is 23.4 Å². The number of nitrogens with one attached hydrogen (secondary N) is 1. The molecule has 0 saturated heterocycles. The Morgan fingerprint density at radius 1 is 1.28 bits per heavy atom. The number of hydrogen-bond donors (Lipinski definition) is 1. The molecule has 3 rings (SSSR count). The smallest absolute Gasteiger partial charge is 0.277 e. The fraction of sp³-hybridized carbons (Fsp3) is 0.500. The number of amides is 1. The van der Waals surface area contributed by atoms with Crippen LogP contribution in [0.2, 0.25) is 5.02 Å². The Morgan fingerprint density at radius 3 is 2.72 bits per heavy atom. The minimum absolute atomic E-state index is 0.0156. The summed E-state index contributed by atoms with van der Waals surface area (Å²) in [5.41, 5.74) is 0.804. The summed E-state index contributed by atoms with van der Waals surface area (Å²) in [4.78, 5) is 12.3. The summed E-state index contributed by atoms with van der Waals surface area (Å²) in [6.07, 6.45) is 6.32. The Balaban J connectivity index is 1.51. The summed E-state index contributed by atoms with van der Waals surface area (Å²) in [6.45, 7) is 2.62. The van der Waals surface area contributed by atoms with Crippen LogP contribution in [0.1, 0.15) is 39.0 Å². The van der Waals surface area contributed by atoms with Gasteiger partial charge in [0, 0.05) is 17.1 Å². The van der Waals surface area contributed by atoms with Crippen LogP contribution < -0.4 is 5.32 Å². The van der Waals surface area contributed by atoms with Crippen LogP contribution in [0.3, 0.4) is 0 Å². The average Bonchev–Trinajstić information content (AvgIpc) is 3.09. The molecule has 1 amide bonds. The Kier molecular flexibility index (Phi) is 6.37. The summed E-state index contributed by atoms with van der Waals surface area (Å²) in [7, 11) is 0. The van der Waals surface area contributed by atoms with Gasteiger partial charge in [-0.1, -0.05) is 42.6 Å². The quantitative estimate of drug-likeness (QED) is 0.744. The van der Waals surface area contributed by atoms with E-state index in [4.69, 9.17) is 16.0 Å². The van der Waals surface area contributed by atoms with Crippen molar-refractivity contribution in [2.75, 3.05) is 6.54 Å². The first-order valence-corrected chi connectivity index (χ1v) is 9.91. The number of hydrogen-bond acceptors (Lipinski definition) is 5. The van der Waals surface area contributed by atoms with E-state index in [2.05, 4.69) is 15.5 Å². The van der Waals surface area contributed by atoms with Gasteiger partial charge in [-0.05, 0) is 49.9 Å². The molecule has 0 radical (unpaired) electrons. The molecule has 1 fully saturated rings. The number of halogens is 1. The molecule has 0 bridgehead atoms. The van der Waals surface area contributed by atoms with E-state index < -0.39 is 0 Å². The molecule has 1 unspecified atom stereocenters. The Bertz CT molecular complexity index is 699. The molecule has 1 heterocycles. The molecule has 1 aliphatic carbocycles. The summed E-state index contributed by atoms with van der Waals surface area (Å²) in [5, 5.41) is 11.9. The summed E-state index contributed by atoms with van der Waals surface area (Å²) >= 11 is 7.16. The van der Waals surface area contributed by atoms with E-state index in [9.17, 15) is 4.79 Å². The van der Waals surface area contributed by atoms with Crippen LogP contribution in [0.5, 0.6) is 0 Å². The van der Waals surface area contributed by atoms with Crippen LogP contribution in [0, 0.1) is 5.92 Å². The number of rotatable bonds is 6. The highest BCUT2D eigenvalue weighted by Gasteiger charge is 2.20. The van der Waals surface area contributed by atoms with Crippen molar-refractivity contribution in [3.63, 3.8) is 0 Å². The standard InChI is InChI=1S/C18H22ClN3O2S/c1-12(16(23)20-11-13-5-3-2-4-6-13)25-18-22-21-17(24-18)14-7-9-15(19)10-8-14/h7-10,12-13H,2-6,11H2,1H3,(H,20,23). The monoisotopic (exact) mass is 379 g/mol. The first-order valence-electron chi connectivity index (χ1n) is 8.65. The lowest BCUT2D eigenvalue weighted by molar-refractivity contribution is -0.120. The number of carbonyl (C=O) groups is 1. The third kappa shape index (κ3) is 5.22. The van der Waals surface area contributed by atoms with Crippen LogP contribution in [0.15, 0.2) is 33.9 Å². The summed E-state index contributed by atoms with van der Waals surface area (Å²) in [5.74, 6) is 1.06. The second-order valence-corrected chi connectivity index (χ2v) is 8.12. The van der Waals surface area contributed by atoms with E-state index in [0.717, 1.165) is 12.1 Å². The van der Waals surface area contributed by atoms with Crippen molar-refractivity contribution in [1.29, 1.82) is 0 Å². The lowest BCUT2D eigenvalue weighted by atomic mass is 9.89. The van der Waals surface area contributed by atoms with Crippen molar-refractivity contribution < 1.29 is 9.21 Å². The fourth-order valence-electron chi connectivity index (χ4n) is 2.95. The maximum absolute atomic E-state index is 12.3. The molecule has 1 saturated carbocycles. The first-order chi connectivity index (χ1) is 12.1. The lowest BCUT2D eigenvalue weighted by Gasteiger charge is -2.22.